The molecule has 0 spiro atoms. The van der Waals surface area contributed by atoms with E-state index in [-0.39, 0.29) is 5.91 Å². The number of nitrogens with one attached hydrogen (secondary N) is 1. The highest BCUT2D eigenvalue weighted by molar-refractivity contribution is 7.15. The van der Waals surface area contributed by atoms with Crippen LogP contribution in [0.15, 0.2) is 59.6 Å². The zero-order chi connectivity index (χ0) is 25.2. The molecule has 4 aromatic rings. The molecule has 0 unspecified atom stereocenters. The number of nitrogens with zero attached hydrogens (tertiary/aromatic N) is 2. The van der Waals surface area contributed by atoms with E-state index >= 15 is 0 Å². The van der Waals surface area contributed by atoms with E-state index in [1.54, 1.807) is 18.4 Å². The van der Waals surface area contributed by atoms with Crippen molar-refractivity contribution in [2.24, 2.45) is 4.99 Å². The van der Waals surface area contributed by atoms with Gasteiger partial charge in [-0.1, -0.05) is 17.7 Å². The first-order chi connectivity index (χ1) is 17.4. The lowest BCUT2D eigenvalue weighted by Gasteiger charge is -2.14. The first-order valence-electron chi connectivity index (χ1n) is 12.3. The molecule has 6 heteroatoms. The molecule has 2 heterocycles. The number of thiophene rings is 1. The maximum atomic E-state index is 13.7. The molecular formula is C30H31N3O2S. The van der Waals surface area contributed by atoms with E-state index in [9.17, 15) is 4.79 Å². The fourth-order valence-electron chi connectivity index (χ4n) is 4.82. The second-order valence-electron chi connectivity index (χ2n) is 9.33. The maximum Gasteiger partial charge on any atom is 0.258 e. The van der Waals surface area contributed by atoms with Crippen molar-refractivity contribution in [1.29, 1.82) is 0 Å². The molecule has 0 saturated carbocycles. The second kappa shape index (κ2) is 10.2. The van der Waals surface area contributed by atoms with E-state index in [4.69, 9.17) is 4.74 Å². The van der Waals surface area contributed by atoms with Gasteiger partial charge in [-0.15, -0.1) is 11.3 Å². The van der Waals surface area contributed by atoms with Gasteiger partial charge in [0.25, 0.3) is 5.91 Å². The molecule has 1 aliphatic rings. The van der Waals surface area contributed by atoms with Gasteiger partial charge >= 0.3 is 0 Å². The van der Waals surface area contributed by atoms with Crippen LogP contribution in [-0.2, 0) is 12.8 Å². The van der Waals surface area contributed by atoms with Crippen molar-refractivity contribution in [3.8, 4) is 10.8 Å². The van der Waals surface area contributed by atoms with Crippen molar-refractivity contribution in [1.82, 2.24) is 4.57 Å². The molecule has 36 heavy (non-hydrogen) atoms. The Morgan fingerprint density at radius 1 is 1.03 bits per heavy atom. The van der Waals surface area contributed by atoms with Gasteiger partial charge in [-0.05, 0) is 94.5 Å². The molecule has 1 aliphatic carbocycles. The molecule has 2 aromatic carbocycles. The Kier molecular flexibility index (Phi) is 6.79. The summed E-state index contributed by atoms with van der Waals surface area (Å²) in [6.07, 6.45) is 6.19. The van der Waals surface area contributed by atoms with E-state index in [2.05, 4.69) is 34.8 Å². The van der Waals surface area contributed by atoms with Gasteiger partial charge in [-0.3, -0.25) is 9.79 Å². The Bertz CT molecular complexity index is 1430. The zero-order valence-electron chi connectivity index (χ0n) is 21.2. The van der Waals surface area contributed by atoms with E-state index in [0.717, 1.165) is 63.9 Å². The number of hydrogen-bond donors (Lipinski definition) is 1. The zero-order valence-corrected chi connectivity index (χ0v) is 22.0. The third-order valence-corrected chi connectivity index (χ3v) is 8.06. The minimum atomic E-state index is -0.0331. The number of aromatic nitrogens is 1. The van der Waals surface area contributed by atoms with Crippen molar-refractivity contribution >= 4 is 34.8 Å². The number of benzene rings is 2. The topological polar surface area (TPSA) is 55.6 Å². The van der Waals surface area contributed by atoms with Crippen molar-refractivity contribution in [3.05, 3.63) is 93.1 Å². The summed E-state index contributed by atoms with van der Waals surface area (Å²) in [7, 11) is 1.66. The molecule has 0 saturated heterocycles. The summed E-state index contributed by atoms with van der Waals surface area (Å²) >= 11 is 1.76. The van der Waals surface area contributed by atoms with E-state index in [1.807, 2.05) is 61.7 Å². The molecule has 0 bridgehead atoms. The molecule has 2 aromatic heterocycles. The predicted octanol–water partition coefficient (Wildman–Crippen LogP) is 7.35. The van der Waals surface area contributed by atoms with Crippen molar-refractivity contribution in [2.75, 3.05) is 12.4 Å². The summed E-state index contributed by atoms with van der Waals surface area (Å²) in [5, 5.41) is 4.16. The third kappa shape index (κ3) is 4.73. The second-order valence-corrected chi connectivity index (χ2v) is 10.4. The average molecular weight is 498 g/mol. The highest BCUT2D eigenvalue weighted by Gasteiger charge is 2.28. The summed E-state index contributed by atoms with van der Waals surface area (Å²) in [6.45, 7) is 6.24. The number of fused-ring (bicyclic) bond motifs is 1. The largest absolute Gasteiger partial charge is 0.497 e. The van der Waals surface area contributed by atoms with Gasteiger partial charge in [-0.25, -0.2) is 0 Å². The number of methoxy groups -OCH3 is 1. The van der Waals surface area contributed by atoms with Gasteiger partial charge in [-0.2, -0.15) is 0 Å². The van der Waals surface area contributed by atoms with Gasteiger partial charge in [0.15, 0.2) is 0 Å². The lowest BCUT2D eigenvalue weighted by molar-refractivity contribution is 0.102. The van der Waals surface area contributed by atoms with Gasteiger partial charge in [0.05, 0.1) is 18.4 Å². The Hall–Kier alpha value is -3.64. The number of ether oxygens (including phenoxy) is 1. The standard InChI is InChI=1S/C30H31N3O2S/c1-19-9-11-24(12-10-19)32-29(34)28-26-7-5-6-8-27(26)36-30(28)33-20(2)17-22(21(33)3)18-31-23-13-15-25(35-4)16-14-23/h9-18H,5-8H2,1-4H3,(H,32,34). The molecule has 5 rings (SSSR count). The Labute approximate surface area is 216 Å². The monoisotopic (exact) mass is 497 g/mol. The SMILES string of the molecule is COc1ccc(N=Cc2cc(C)n(-c3sc4c(c3C(=O)Nc3ccc(C)cc3)CCCC4)c2C)cc1. The van der Waals surface area contributed by atoms with Crippen LogP contribution in [0.4, 0.5) is 11.4 Å². The first kappa shape index (κ1) is 24.1. The summed E-state index contributed by atoms with van der Waals surface area (Å²) < 4.78 is 7.46. The number of anilines is 1. The summed E-state index contributed by atoms with van der Waals surface area (Å²) in [5.41, 5.74) is 8.09. The molecule has 5 nitrogen and oxygen atoms in total. The smallest absolute Gasteiger partial charge is 0.258 e. The van der Waals surface area contributed by atoms with Gasteiger partial charge < -0.3 is 14.6 Å². The third-order valence-electron chi connectivity index (χ3n) is 6.79. The quantitative estimate of drug-likeness (QED) is 0.283. The maximum absolute atomic E-state index is 13.7. The van der Waals surface area contributed by atoms with Crippen LogP contribution in [-0.4, -0.2) is 23.8 Å². The van der Waals surface area contributed by atoms with E-state index in [1.165, 1.54) is 22.4 Å². The van der Waals surface area contributed by atoms with Gasteiger partial charge in [0.2, 0.25) is 0 Å². The van der Waals surface area contributed by atoms with E-state index < -0.39 is 0 Å². The Morgan fingerprint density at radius 3 is 2.47 bits per heavy atom. The number of carbonyl (C=O) groups is 1. The summed E-state index contributed by atoms with van der Waals surface area (Å²) in [5.74, 6) is 0.777. The van der Waals surface area contributed by atoms with Crippen LogP contribution in [0.2, 0.25) is 0 Å². The Balaban J connectivity index is 1.52. The molecule has 0 atom stereocenters. The highest BCUT2D eigenvalue weighted by Crippen LogP contribution is 2.39. The predicted molar refractivity (Wildman–Crippen MR) is 149 cm³/mol. The van der Waals surface area contributed by atoms with Crippen LogP contribution in [0.5, 0.6) is 5.75 Å². The number of aliphatic imine (C=N–C) groups is 1. The van der Waals surface area contributed by atoms with Crippen LogP contribution in [0.3, 0.4) is 0 Å². The van der Waals surface area contributed by atoms with Crippen molar-refractivity contribution in [3.63, 3.8) is 0 Å². The minimum Gasteiger partial charge on any atom is -0.497 e. The highest BCUT2D eigenvalue weighted by atomic mass is 32.1. The lowest BCUT2D eigenvalue weighted by Crippen LogP contribution is -2.17. The van der Waals surface area contributed by atoms with Crippen LogP contribution in [0.25, 0.3) is 5.00 Å². The normalized spacial score (nSPS) is 13.1. The van der Waals surface area contributed by atoms with Gasteiger partial charge in [0, 0.05) is 33.7 Å². The van der Waals surface area contributed by atoms with E-state index in [0.29, 0.717) is 0 Å². The van der Waals surface area contributed by atoms with Crippen LogP contribution in [0.1, 0.15) is 56.2 Å². The fraction of sp³-hybridized carbons (Fsp3) is 0.267. The summed E-state index contributed by atoms with van der Waals surface area (Å²) in [6, 6.07) is 17.8. The Morgan fingerprint density at radius 2 is 1.75 bits per heavy atom. The molecular weight excluding hydrogens is 466 g/mol. The number of amides is 1. The van der Waals surface area contributed by atoms with Crippen LogP contribution in [0, 0.1) is 20.8 Å². The van der Waals surface area contributed by atoms with Crippen LogP contribution < -0.4 is 10.1 Å². The molecule has 0 radical (unpaired) electrons. The lowest BCUT2D eigenvalue weighted by atomic mass is 9.95. The summed E-state index contributed by atoms with van der Waals surface area (Å²) in [4.78, 5) is 19.7. The average Bonchev–Trinajstić information content (AvgIpc) is 3.40. The molecule has 0 aliphatic heterocycles. The van der Waals surface area contributed by atoms with Crippen molar-refractivity contribution < 1.29 is 9.53 Å². The van der Waals surface area contributed by atoms with Crippen LogP contribution >= 0.6 is 11.3 Å². The molecule has 1 N–H and O–H groups in total. The first-order valence-corrected chi connectivity index (χ1v) is 13.2. The number of hydrogen-bond acceptors (Lipinski definition) is 4. The molecule has 184 valence electrons. The molecule has 0 fully saturated rings. The number of rotatable bonds is 6. The minimum absolute atomic E-state index is 0.0331. The molecule has 1 amide bonds. The fourth-order valence-corrected chi connectivity index (χ4v) is 6.31. The van der Waals surface area contributed by atoms with Gasteiger partial charge in [0.1, 0.15) is 10.8 Å². The van der Waals surface area contributed by atoms with Crippen molar-refractivity contribution in [2.45, 2.75) is 46.5 Å². The number of aryl methyl sites for hydroxylation is 3. The number of carbonyl (C=O) groups excluding carboxylic acids is 1.